The van der Waals surface area contributed by atoms with Gasteiger partial charge in [-0.1, -0.05) is 13.8 Å². The SMILES string of the molecule is Cc1cc(C(=N)N)cc(-n2ccc(C(C)C)n2)n1. The van der Waals surface area contributed by atoms with Gasteiger partial charge in [0.25, 0.3) is 0 Å². The Morgan fingerprint density at radius 1 is 1.39 bits per heavy atom. The van der Waals surface area contributed by atoms with Crippen LogP contribution in [-0.4, -0.2) is 20.6 Å². The van der Waals surface area contributed by atoms with E-state index >= 15 is 0 Å². The normalized spacial score (nSPS) is 10.9. The summed E-state index contributed by atoms with van der Waals surface area (Å²) in [6.45, 7) is 6.07. The van der Waals surface area contributed by atoms with E-state index in [2.05, 4.69) is 23.9 Å². The molecule has 0 unspecified atom stereocenters. The van der Waals surface area contributed by atoms with E-state index < -0.39 is 0 Å². The van der Waals surface area contributed by atoms with Gasteiger partial charge in [0.05, 0.1) is 5.69 Å². The molecule has 0 spiro atoms. The van der Waals surface area contributed by atoms with Crippen LogP contribution in [0, 0.1) is 12.3 Å². The summed E-state index contributed by atoms with van der Waals surface area (Å²) in [4.78, 5) is 4.41. The second-order valence-electron chi connectivity index (χ2n) is 4.61. The Balaban J connectivity index is 2.46. The van der Waals surface area contributed by atoms with Crippen molar-refractivity contribution in [2.45, 2.75) is 26.7 Å². The number of amidine groups is 1. The molecule has 0 saturated heterocycles. The average Bonchev–Trinajstić information content (AvgIpc) is 2.77. The molecule has 2 aromatic heterocycles. The van der Waals surface area contributed by atoms with E-state index in [-0.39, 0.29) is 5.84 Å². The van der Waals surface area contributed by atoms with Crippen molar-refractivity contribution in [2.24, 2.45) is 5.73 Å². The number of pyridine rings is 1. The van der Waals surface area contributed by atoms with Gasteiger partial charge in [0.15, 0.2) is 5.82 Å². The highest BCUT2D eigenvalue weighted by molar-refractivity contribution is 5.95. The molecule has 0 bridgehead atoms. The minimum absolute atomic E-state index is 0.0398. The first-order valence-electron chi connectivity index (χ1n) is 5.86. The first-order valence-corrected chi connectivity index (χ1v) is 5.86. The van der Waals surface area contributed by atoms with E-state index in [9.17, 15) is 0 Å². The summed E-state index contributed by atoms with van der Waals surface area (Å²) in [5.74, 6) is 1.11. The lowest BCUT2D eigenvalue weighted by atomic mass is 10.1. The minimum Gasteiger partial charge on any atom is -0.384 e. The molecule has 0 aliphatic heterocycles. The molecule has 2 aromatic rings. The van der Waals surface area contributed by atoms with Gasteiger partial charge in [-0.05, 0) is 31.0 Å². The van der Waals surface area contributed by atoms with Gasteiger partial charge < -0.3 is 5.73 Å². The number of rotatable bonds is 3. The van der Waals surface area contributed by atoms with Gasteiger partial charge in [-0.15, -0.1) is 0 Å². The molecule has 94 valence electrons. The third kappa shape index (κ3) is 2.40. The maximum absolute atomic E-state index is 7.48. The van der Waals surface area contributed by atoms with Gasteiger partial charge in [-0.3, -0.25) is 5.41 Å². The highest BCUT2D eigenvalue weighted by Crippen LogP contribution is 2.14. The Morgan fingerprint density at radius 2 is 2.11 bits per heavy atom. The van der Waals surface area contributed by atoms with Crippen LogP contribution in [0.15, 0.2) is 24.4 Å². The summed E-state index contributed by atoms with van der Waals surface area (Å²) < 4.78 is 1.72. The second kappa shape index (κ2) is 4.60. The molecule has 3 N–H and O–H groups in total. The standard InChI is InChI=1S/C13H17N5/c1-8(2)11-4-5-18(17-11)12-7-10(13(14)15)6-9(3)16-12/h4-8H,1-3H3,(H3,14,15). The Kier molecular flexibility index (Phi) is 3.14. The van der Waals surface area contributed by atoms with Crippen molar-refractivity contribution in [1.29, 1.82) is 5.41 Å². The van der Waals surface area contributed by atoms with Crippen molar-refractivity contribution < 1.29 is 0 Å². The first-order chi connectivity index (χ1) is 8.47. The number of aromatic nitrogens is 3. The fraction of sp³-hybridized carbons (Fsp3) is 0.308. The monoisotopic (exact) mass is 243 g/mol. The summed E-state index contributed by atoms with van der Waals surface area (Å²) in [5, 5.41) is 11.9. The Morgan fingerprint density at radius 3 is 2.67 bits per heavy atom. The van der Waals surface area contributed by atoms with Crippen LogP contribution in [0.2, 0.25) is 0 Å². The molecule has 0 amide bonds. The van der Waals surface area contributed by atoms with Crippen molar-refractivity contribution >= 4 is 5.84 Å². The first kappa shape index (κ1) is 12.3. The number of nitrogens with one attached hydrogen (secondary N) is 1. The van der Waals surface area contributed by atoms with Gasteiger partial charge in [-0.25, -0.2) is 9.67 Å². The number of hydrogen-bond acceptors (Lipinski definition) is 3. The summed E-state index contributed by atoms with van der Waals surface area (Å²) in [6.07, 6.45) is 1.88. The van der Waals surface area contributed by atoms with Gasteiger partial charge in [0.2, 0.25) is 0 Å². The van der Waals surface area contributed by atoms with Crippen LogP contribution in [0.4, 0.5) is 0 Å². The molecule has 2 heterocycles. The summed E-state index contributed by atoms with van der Waals surface area (Å²) in [7, 11) is 0. The van der Waals surface area contributed by atoms with Crippen molar-refractivity contribution in [1.82, 2.24) is 14.8 Å². The van der Waals surface area contributed by atoms with Crippen molar-refractivity contribution in [2.75, 3.05) is 0 Å². The van der Waals surface area contributed by atoms with E-state index in [0.717, 1.165) is 11.4 Å². The lowest BCUT2D eigenvalue weighted by Gasteiger charge is -2.06. The smallest absolute Gasteiger partial charge is 0.154 e. The van der Waals surface area contributed by atoms with Crippen LogP contribution in [0.5, 0.6) is 0 Å². The largest absolute Gasteiger partial charge is 0.384 e. The van der Waals surface area contributed by atoms with Gasteiger partial charge in [0, 0.05) is 17.5 Å². The highest BCUT2D eigenvalue weighted by atomic mass is 15.3. The van der Waals surface area contributed by atoms with Gasteiger partial charge in [-0.2, -0.15) is 5.10 Å². The molecule has 0 atom stereocenters. The highest BCUT2D eigenvalue weighted by Gasteiger charge is 2.08. The predicted octanol–water partition coefficient (Wildman–Crippen LogP) is 1.98. The van der Waals surface area contributed by atoms with E-state index in [1.54, 1.807) is 16.8 Å². The lowest BCUT2D eigenvalue weighted by molar-refractivity contribution is 0.756. The molecule has 0 radical (unpaired) electrons. The van der Waals surface area contributed by atoms with Crippen molar-refractivity contribution in [3.63, 3.8) is 0 Å². The Bertz CT molecular complexity index is 583. The predicted molar refractivity (Wildman–Crippen MR) is 71.2 cm³/mol. The fourth-order valence-corrected chi connectivity index (χ4v) is 1.70. The van der Waals surface area contributed by atoms with Gasteiger partial charge in [0.1, 0.15) is 5.84 Å². The maximum atomic E-state index is 7.48. The zero-order valence-electron chi connectivity index (χ0n) is 10.8. The molecule has 2 rings (SSSR count). The average molecular weight is 243 g/mol. The molecule has 0 aliphatic rings. The zero-order chi connectivity index (χ0) is 13.3. The maximum Gasteiger partial charge on any atom is 0.154 e. The van der Waals surface area contributed by atoms with Crippen molar-refractivity contribution in [3.8, 4) is 5.82 Å². The molecule has 5 nitrogen and oxygen atoms in total. The van der Waals surface area contributed by atoms with Crippen LogP contribution in [0.25, 0.3) is 5.82 Å². The fourth-order valence-electron chi connectivity index (χ4n) is 1.70. The zero-order valence-corrected chi connectivity index (χ0v) is 10.8. The Labute approximate surface area is 106 Å². The number of nitrogens with zero attached hydrogens (tertiary/aromatic N) is 3. The van der Waals surface area contributed by atoms with E-state index in [0.29, 0.717) is 17.3 Å². The topological polar surface area (TPSA) is 80.6 Å². The van der Waals surface area contributed by atoms with Crippen LogP contribution < -0.4 is 5.73 Å². The molecule has 0 aromatic carbocycles. The summed E-state index contributed by atoms with van der Waals surface area (Å²) in [5.41, 5.74) is 8.01. The molecular formula is C13H17N5. The Hall–Kier alpha value is -2.17. The summed E-state index contributed by atoms with van der Waals surface area (Å²) in [6, 6.07) is 5.53. The molecule has 0 aliphatic carbocycles. The number of aryl methyl sites for hydroxylation is 1. The van der Waals surface area contributed by atoms with Crippen molar-refractivity contribution in [3.05, 3.63) is 41.3 Å². The van der Waals surface area contributed by atoms with Gasteiger partial charge >= 0.3 is 0 Å². The van der Waals surface area contributed by atoms with Crippen LogP contribution >= 0.6 is 0 Å². The van der Waals surface area contributed by atoms with E-state index in [1.807, 2.05) is 19.2 Å². The van der Waals surface area contributed by atoms with Crippen LogP contribution in [0.1, 0.15) is 36.7 Å². The number of nitrogen functional groups attached to an aromatic ring is 1. The lowest BCUT2D eigenvalue weighted by Crippen LogP contribution is -2.13. The molecule has 5 heteroatoms. The number of hydrogen-bond donors (Lipinski definition) is 2. The molecule has 0 fully saturated rings. The van der Waals surface area contributed by atoms with E-state index in [1.165, 1.54) is 0 Å². The van der Waals surface area contributed by atoms with Crippen LogP contribution in [0.3, 0.4) is 0 Å². The third-order valence-electron chi connectivity index (χ3n) is 2.69. The molecular weight excluding hydrogens is 226 g/mol. The van der Waals surface area contributed by atoms with Crippen LogP contribution in [-0.2, 0) is 0 Å². The van der Waals surface area contributed by atoms with E-state index in [4.69, 9.17) is 11.1 Å². The quantitative estimate of drug-likeness (QED) is 0.639. The third-order valence-corrected chi connectivity index (χ3v) is 2.69. The number of nitrogens with two attached hydrogens (primary N) is 1. The molecule has 18 heavy (non-hydrogen) atoms. The molecule has 0 saturated carbocycles. The minimum atomic E-state index is 0.0398. The summed E-state index contributed by atoms with van der Waals surface area (Å²) >= 11 is 0. The second-order valence-corrected chi connectivity index (χ2v) is 4.61.